The Hall–Kier alpha value is -1.30. The summed E-state index contributed by atoms with van der Waals surface area (Å²) in [6, 6.07) is 4.86. The molecule has 1 aromatic carbocycles. The molecule has 2 N–H and O–H groups in total. The molecule has 0 spiro atoms. The van der Waals surface area contributed by atoms with Crippen molar-refractivity contribution in [1.82, 2.24) is 4.90 Å². The molecule has 0 atom stereocenters. The number of rotatable bonds is 8. The Morgan fingerprint density at radius 2 is 1.90 bits per heavy atom. The van der Waals surface area contributed by atoms with Crippen molar-refractivity contribution in [3.8, 4) is 0 Å². The van der Waals surface area contributed by atoms with Crippen LogP contribution in [0.3, 0.4) is 0 Å². The van der Waals surface area contributed by atoms with Crippen LogP contribution < -0.4 is 5.73 Å². The predicted molar refractivity (Wildman–Crippen MR) is 80.1 cm³/mol. The molecular weight excluding hydrogens is 280 g/mol. The number of hydrogen-bond donors (Lipinski definition) is 1. The molecule has 0 aliphatic rings. The van der Waals surface area contributed by atoms with Crippen molar-refractivity contribution < 1.29 is 14.3 Å². The number of carbonyl (C=O) groups is 1. The average Bonchev–Trinajstić information content (AvgIpc) is 2.41. The average molecular weight is 301 g/mol. The molecule has 20 heavy (non-hydrogen) atoms. The highest BCUT2D eigenvalue weighted by molar-refractivity contribution is 6.31. The zero-order valence-corrected chi connectivity index (χ0v) is 12.7. The molecule has 1 amide bonds. The lowest BCUT2D eigenvalue weighted by atomic mass is 10.1. The number of carbonyl (C=O) groups excluding carboxylic acids is 1. The summed E-state index contributed by atoms with van der Waals surface area (Å²) in [6.45, 7) is 2.21. The molecule has 0 heterocycles. The van der Waals surface area contributed by atoms with Gasteiger partial charge in [0.1, 0.15) is 0 Å². The first-order valence-corrected chi connectivity index (χ1v) is 6.79. The Morgan fingerprint density at radius 1 is 1.20 bits per heavy atom. The van der Waals surface area contributed by atoms with Crippen LogP contribution in [-0.2, 0) is 9.47 Å². The third kappa shape index (κ3) is 5.36. The van der Waals surface area contributed by atoms with Gasteiger partial charge < -0.3 is 20.1 Å². The van der Waals surface area contributed by atoms with E-state index in [2.05, 4.69) is 0 Å². The van der Waals surface area contributed by atoms with Gasteiger partial charge in [-0.15, -0.1) is 0 Å². The maximum absolute atomic E-state index is 12.5. The predicted octanol–water partition coefficient (Wildman–Crippen LogP) is 2.05. The van der Waals surface area contributed by atoms with Crippen molar-refractivity contribution >= 4 is 23.2 Å². The molecule has 1 aromatic rings. The summed E-state index contributed by atoms with van der Waals surface area (Å²) in [4.78, 5) is 14.2. The summed E-state index contributed by atoms with van der Waals surface area (Å²) < 4.78 is 10.0. The molecule has 1 rings (SSSR count). The minimum Gasteiger partial charge on any atom is -0.399 e. The Labute approximate surface area is 124 Å². The number of nitrogens with zero attached hydrogens (tertiary/aromatic N) is 1. The van der Waals surface area contributed by atoms with Crippen LogP contribution in [0.25, 0.3) is 0 Å². The number of hydrogen-bond acceptors (Lipinski definition) is 4. The second-order valence-electron chi connectivity index (χ2n) is 4.40. The highest BCUT2D eigenvalue weighted by Crippen LogP contribution is 2.18. The number of methoxy groups -OCH3 is 2. The molecule has 0 aliphatic heterocycles. The molecule has 0 aliphatic carbocycles. The van der Waals surface area contributed by atoms with Crippen LogP contribution in [0, 0.1) is 0 Å². The van der Waals surface area contributed by atoms with E-state index in [0.717, 1.165) is 6.42 Å². The highest BCUT2D eigenvalue weighted by Gasteiger charge is 2.16. The van der Waals surface area contributed by atoms with Crippen LogP contribution >= 0.6 is 11.6 Å². The van der Waals surface area contributed by atoms with E-state index in [9.17, 15) is 4.79 Å². The number of anilines is 1. The first kappa shape index (κ1) is 16.8. The van der Waals surface area contributed by atoms with Crippen molar-refractivity contribution in [1.29, 1.82) is 0 Å². The third-order valence-corrected chi connectivity index (χ3v) is 3.01. The van der Waals surface area contributed by atoms with Crippen LogP contribution in [0.15, 0.2) is 18.2 Å². The molecule has 0 aromatic heterocycles. The Balaban J connectivity index is 2.79. The van der Waals surface area contributed by atoms with Crippen molar-refractivity contribution in [2.75, 3.05) is 46.3 Å². The van der Waals surface area contributed by atoms with Gasteiger partial charge in [-0.1, -0.05) is 11.6 Å². The SMILES string of the molecule is COCCCN(CCOC)C(=O)c1cc(N)cc(Cl)c1. The van der Waals surface area contributed by atoms with Gasteiger partial charge in [0.25, 0.3) is 5.91 Å². The highest BCUT2D eigenvalue weighted by atomic mass is 35.5. The van der Waals surface area contributed by atoms with Gasteiger partial charge in [-0.2, -0.15) is 0 Å². The Bertz CT molecular complexity index is 420. The number of amides is 1. The zero-order chi connectivity index (χ0) is 15.0. The number of nitrogens with two attached hydrogens (primary N) is 1. The van der Waals surface area contributed by atoms with Crippen LogP contribution in [-0.4, -0.2) is 51.3 Å². The van der Waals surface area contributed by atoms with Gasteiger partial charge in [0.05, 0.1) is 6.61 Å². The fraction of sp³-hybridized carbons (Fsp3) is 0.500. The first-order valence-electron chi connectivity index (χ1n) is 6.41. The maximum Gasteiger partial charge on any atom is 0.254 e. The van der Waals surface area contributed by atoms with E-state index in [1.165, 1.54) is 0 Å². The molecule has 0 unspecified atom stereocenters. The Kier molecular flexibility index (Phi) is 7.36. The summed E-state index contributed by atoms with van der Waals surface area (Å²) in [5, 5.41) is 0.455. The fourth-order valence-corrected chi connectivity index (χ4v) is 2.08. The molecule has 0 bridgehead atoms. The number of nitrogen functional groups attached to an aromatic ring is 1. The number of halogens is 1. The van der Waals surface area contributed by atoms with Crippen LogP contribution in [0.1, 0.15) is 16.8 Å². The molecule has 0 radical (unpaired) electrons. The van der Waals surface area contributed by atoms with Crippen LogP contribution in [0.5, 0.6) is 0 Å². The van der Waals surface area contributed by atoms with Crippen LogP contribution in [0.4, 0.5) is 5.69 Å². The standard InChI is InChI=1S/C14H21ClN2O3/c1-19-6-3-4-17(5-7-20-2)14(18)11-8-12(15)10-13(16)9-11/h8-10H,3-7,16H2,1-2H3. The number of benzene rings is 1. The van der Waals surface area contributed by atoms with Crippen molar-refractivity contribution in [2.24, 2.45) is 0 Å². The van der Waals surface area contributed by atoms with Gasteiger partial charge in [0.2, 0.25) is 0 Å². The van der Waals surface area contributed by atoms with E-state index in [0.29, 0.717) is 42.6 Å². The lowest BCUT2D eigenvalue weighted by Gasteiger charge is -2.22. The minimum atomic E-state index is -0.104. The normalized spacial score (nSPS) is 10.6. The molecule has 112 valence electrons. The summed E-state index contributed by atoms with van der Waals surface area (Å²) in [7, 11) is 3.24. The van der Waals surface area contributed by atoms with E-state index in [1.807, 2.05) is 0 Å². The first-order chi connectivity index (χ1) is 9.58. The van der Waals surface area contributed by atoms with Gasteiger partial charge in [-0.05, 0) is 24.6 Å². The summed E-state index contributed by atoms with van der Waals surface area (Å²) in [5.74, 6) is -0.104. The van der Waals surface area contributed by atoms with E-state index in [-0.39, 0.29) is 5.91 Å². The van der Waals surface area contributed by atoms with E-state index >= 15 is 0 Å². The summed E-state index contributed by atoms with van der Waals surface area (Å²) in [5.41, 5.74) is 6.68. The molecule has 6 heteroatoms. The Morgan fingerprint density at radius 3 is 2.50 bits per heavy atom. The van der Waals surface area contributed by atoms with Gasteiger partial charge >= 0.3 is 0 Å². The van der Waals surface area contributed by atoms with Crippen molar-refractivity contribution in [2.45, 2.75) is 6.42 Å². The van der Waals surface area contributed by atoms with E-state index in [4.69, 9.17) is 26.8 Å². The number of ether oxygens (including phenoxy) is 2. The van der Waals surface area contributed by atoms with Gasteiger partial charge in [0, 0.05) is 50.2 Å². The van der Waals surface area contributed by atoms with Crippen molar-refractivity contribution in [3.63, 3.8) is 0 Å². The van der Waals surface area contributed by atoms with Gasteiger partial charge in [-0.25, -0.2) is 0 Å². The van der Waals surface area contributed by atoms with Crippen molar-refractivity contribution in [3.05, 3.63) is 28.8 Å². The molecular formula is C14H21ClN2O3. The zero-order valence-electron chi connectivity index (χ0n) is 11.9. The second-order valence-corrected chi connectivity index (χ2v) is 4.84. The van der Waals surface area contributed by atoms with Gasteiger partial charge in [0.15, 0.2) is 0 Å². The lowest BCUT2D eigenvalue weighted by Crippen LogP contribution is -2.35. The molecule has 0 fully saturated rings. The molecule has 0 saturated heterocycles. The lowest BCUT2D eigenvalue weighted by molar-refractivity contribution is 0.0674. The van der Waals surface area contributed by atoms with Gasteiger partial charge in [-0.3, -0.25) is 4.79 Å². The molecule has 0 saturated carbocycles. The largest absolute Gasteiger partial charge is 0.399 e. The monoisotopic (exact) mass is 300 g/mol. The maximum atomic E-state index is 12.5. The smallest absolute Gasteiger partial charge is 0.254 e. The second kappa shape index (κ2) is 8.79. The van der Waals surface area contributed by atoms with E-state index < -0.39 is 0 Å². The summed E-state index contributed by atoms with van der Waals surface area (Å²) >= 11 is 5.93. The topological polar surface area (TPSA) is 64.8 Å². The van der Waals surface area contributed by atoms with Crippen LogP contribution in [0.2, 0.25) is 5.02 Å². The fourth-order valence-electron chi connectivity index (χ4n) is 1.83. The molecule has 5 nitrogen and oxygen atoms in total. The quantitative estimate of drug-likeness (QED) is 0.589. The third-order valence-electron chi connectivity index (χ3n) is 2.80. The summed E-state index contributed by atoms with van der Waals surface area (Å²) in [6.07, 6.45) is 0.766. The minimum absolute atomic E-state index is 0.104. The van der Waals surface area contributed by atoms with E-state index in [1.54, 1.807) is 37.3 Å².